The topological polar surface area (TPSA) is 42.0 Å². The SMILES string of the molecule is O=C(NC(c1ccccc1)C1CC1)c1cc(Cl)nc(Cl)c1. The van der Waals surface area contributed by atoms with Crippen molar-refractivity contribution >= 4 is 29.1 Å². The van der Waals surface area contributed by atoms with Crippen molar-refractivity contribution in [3.8, 4) is 0 Å². The van der Waals surface area contributed by atoms with Gasteiger partial charge in [0.1, 0.15) is 10.3 Å². The predicted molar refractivity (Wildman–Crippen MR) is 83.6 cm³/mol. The lowest BCUT2D eigenvalue weighted by atomic mass is 10.0. The third-order valence-electron chi connectivity index (χ3n) is 3.56. The number of hydrogen-bond acceptors (Lipinski definition) is 2. The number of carbonyl (C=O) groups is 1. The summed E-state index contributed by atoms with van der Waals surface area (Å²) in [4.78, 5) is 16.3. The van der Waals surface area contributed by atoms with Crippen LogP contribution in [-0.2, 0) is 0 Å². The molecule has 108 valence electrons. The van der Waals surface area contributed by atoms with Gasteiger partial charge in [0.05, 0.1) is 6.04 Å². The molecule has 1 saturated carbocycles. The van der Waals surface area contributed by atoms with E-state index in [1.54, 1.807) is 0 Å². The zero-order valence-electron chi connectivity index (χ0n) is 11.2. The Balaban J connectivity index is 1.81. The third-order valence-corrected chi connectivity index (χ3v) is 3.95. The van der Waals surface area contributed by atoms with E-state index < -0.39 is 0 Å². The third kappa shape index (κ3) is 3.55. The molecule has 0 radical (unpaired) electrons. The minimum atomic E-state index is -0.179. The van der Waals surface area contributed by atoms with Crippen LogP contribution in [0.1, 0.15) is 34.8 Å². The lowest BCUT2D eigenvalue weighted by Crippen LogP contribution is -2.29. The fraction of sp³-hybridized carbons (Fsp3) is 0.250. The lowest BCUT2D eigenvalue weighted by molar-refractivity contribution is 0.0931. The predicted octanol–water partition coefficient (Wildman–Crippen LogP) is 4.27. The molecule has 21 heavy (non-hydrogen) atoms. The highest BCUT2D eigenvalue weighted by Crippen LogP contribution is 2.41. The molecule has 1 amide bonds. The van der Waals surface area contributed by atoms with Crippen LogP contribution >= 0.6 is 23.2 Å². The zero-order chi connectivity index (χ0) is 14.8. The van der Waals surface area contributed by atoms with Gasteiger partial charge in [-0.15, -0.1) is 0 Å². The number of benzene rings is 1. The maximum Gasteiger partial charge on any atom is 0.251 e. The molecule has 0 spiro atoms. The van der Waals surface area contributed by atoms with Gasteiger partial charge < -0.3 is 5.32 Å². The lowest BCUT2D eigenvalue weighted by Gasteiger charge is -2.19. The van der Waals surface area contributed by atoms with Crippen LogP contribution in [0.15, 0.2) is 42.5 Å². The number of rotatable bonds is 4. The molecule has 1 aliphatic rings. The molecular weight excluding hydrogens is 307 g/mol. The van der Waals surface area contributed by atoms with Crippen molar-refractivity contribution in [3.05, 3.63) is 63.9 Å². The van der Waals surface area contributed by atoms with Crippen LogP contribution in [-0.4, -0.2) is 10.9 Å². The largest absolute Gasteiger partial charge is 0.345 e. The molecule has 0 aliphatic heterocycles. The highest BCUT2D eigenvalue weighted by Gasteiger charge is 2.33. The maximum absolute atomic E-state index is 12.4. The van der Waals surface area contributed by atoms with Gasteiger partial charge in [-0.3, -0.25) is 4.79 Å². The Kier molecular flexibility index (Phi) is 4.13. The smallest absolute Gasteiger partial charge is 0.251 e. The second-order valence-electron chi connectivity index (χ2n) is 5.20. The fourth-order valence-corrected chi connectivity index (χ4v) is 2.84. The molecule has 1 aromatic heterocycles. The number of carbonyl (C=O) groups excluding carboxylic acids is 1. The number of hydrogen-bond donors (Lipinski definition) is 1. The molecule has 5 heteroatoms. The van der Waals surface area contributed by atoms with E-state index in [1.807, 2.05) is 30.3 Å². The first-order valence-electron chi connectivity index (χ1n) is 6.82. The summed E-state index contributed by atoms with van der Waals surface area (Å²) in [7, 11) is 0. The quantitative estimate of drug-likeness (QED) is 0.855. The molecule has 1 aromatic carbocycles. The number of halogens is 2. The van der Waals surface area contributed by atoms with Gasteiger partial charge in [0.15, 0.2) is 0 Å². The number of nitrogens with one attached hydrogen (secondary N) is 1. The normalized spacial score (nSPS) is 15.5. The Hall–Kier alpha value is -1.58. The molecule has 1 fully saturated rings. The van der Waals surface area contributed by atoms with E-state index in [1.165, 1.54) is 12.1 Å². The molecule has 1 N–H and O–H groups in total. The Morgan fingerprint density at radius 2 is 1.76 bits per heavy atom. The van der Waals surface area contributed by atoms with Gasteiger partial charge in [0, 0.05) is 5.56 Å². The molecule has 1 atom stereocenters. The number of nitrogens with zero attached hydrogens (tertiary/aromatic N) is 1. The van der Waals surface area contributed by atoms with E-state index in [9.17, 15) is 4.79 Å². The molecule has 1 unspecified atom stereocenters. The molecule has 2 aromatic rings. The summed E-state index contributed by atoms with van der Waals surface area (Å²) < 4.78 is 0. The number of aromatic nitrogens is 1. The van der Waals surface area contributed by atoms with Crippen LogP contribution < -0.4 is 5.32 Å². The van der Waals surface area contributed by atoms with E-state index in [0.29, 0.717) is 11.5 Å². The summed E-state index contributed by atoms with van der Waals surface area (Å²) in [6, 6.07) is 13.1. The average Bonchev–Trinajstić information content (AvgIpc) is 3.29. The summed E-state index contributed by atoms with van der Waals surface area (Å²) in [6.07, 6.45) is 2.27. The van der Waals surface area contributed by atoms with Gasteiger partial charge in [-0.2, -0.15) is 0 Å². The molecular formula is C16H14Cl2N2O. The molecule has 0 saturated heterocycles. The Labute approximate surface area is 133 Å². The monoisotopic (exact) mass is 320 g/mol. The van der Waals surface area contributed by atoms with Gasteiger partial charge in [0.2, 0.25) is 0 Å². The van der Waals surface area contributed by atoms with Crippen LogP contribution in [0.3, 0.4) is 0 Å². The van der Waals surface area contributed by atoms with Gasteiger partial charge in [-0.05, 0) is 36.5 Å². The van der Waals surface area contributed by atoms with Crippen molar-refractivity contribution < 1.29 is 4.79 Å². The number of amides is 1. The molecule has 3 nitrogen and oxygen atoms in total. The van der Waals surface area contributed by atoms with E-state index in [-0.39, 0.29) is 22.3 Å². The Bertz CT molecular complexity index is 636. The molecule has 1 heterocycles. The number of pyridine rings is 1. The highest BCUT2D eigenvalue weighted by atomic mass is 35.5. The minimum absolute atomic E-state index is 0.0319. The minimum Gasteiger partial charge on any atom is -0.345 e. The van der Waals surface area contributed by atoms with Gasteiger partial charge in [-0.25, -0.2) is 4.98 Å². The summed E-state index contributed by atoms with van der Waals surface area (Å²) in [5, 5.41) is 3.52. The van der Waals surface area contributed by atoms with E-state index in [2.05, 4.69) is 10.3 Å². The van der Waals surface area contributed by atoms with Crippen LogP contribution in [0.25, 0.3) is 0 Å². The van der Waals surface area contributed by atoms with Crippen molar-refractivity contribution in [2.24, 2.45) is 5.92 Å². The van der Waals surface area contributed by atoms with Crippen molar-refractivity contribution in [1.29, 1.82) is 0 Å². The van der Waals surface area contributed by atoms with Gasteiger partial charge >= 0.3 is 0 Å². The van der Waals surface area contributed by atoms with Crippen molar-refractivity contribution in [3.63, 3.8) is 0 Å². The Morgan fingerprint density at radius 3 is 2.33 bits per heavy atom. The van der Waals surface area contributed by atoms with Gasteiger partial charge in [0.25, 0.3) is 5.91 Å². The Morgan fingerprint density at radius 1 is 1.14 bits per heavy atom. The van der Waals surface area contributed by atoms with E-state index >= 15 is 0 Å². The first kappa shape index (κ1) is 14.4. The van der Waals surface area contributed by atoms with E-state index in [0.717, 1.165) is 18.4 Å². The zero-order valence-corrected chi connectivity index (χ0v) is 12.7. The van der Waals surface area contributed by atoms with Crippen molar-refractivity contribution in [2.75, 3.05) is 0 Å². The molecule has 0 bridgehead atoms. The van der Waals surface area contributed by atoms with Crippen LogP contribution in [0.4, 0.5) is 0 Å². The first-order valence-corrected chi connectivity index (χ1v) is 7.58. The maximum atomic E-state index is 12.4. The second-order valence-corrected chi connectivity index (χ2v) is 5.98. The van der Waals surface area contributed by atoms with Crippen LogP contribution in [0.5, 0.6) is 0 Å². The first-order chi connectivity index (χ1) is 10.1. The van der Waals surface area contributed by atoms with Crippen LogP contribution in [0.2, 0.25) is 10.3 Å². The average molecular weight is 321 g/mol. The fourth-order valence-electron chi connectivity index (χ4n) is 2.38. The summed E-state index contributed by atoms with van der Waals surface area (Å²) in [6.45, 7) is 0. The standard InChI is InChI=1S/C16H14Cl2N2O/c17-13-8-12(9-14(18)19-13)16(21)20-15(11-6-7-11)10-4-2-1-3-5-10/h1-5,8-9,11,15H,6-7H2,(H,20,21). The van der Waals surface area contributed by atoms with Crippen LogP contribution in [0, 0.1) is 5.92 Å². The molecule has 3 rings (SSSR count). The van der Waals surface area contributed by atoms with E-state index in [4.69, 9.17) is 23.2 Å². The van der Waals surface area contributed by atoms with Crippen molar-refractivity contribution in [2.45, 2.75) is 18.9 Å². The van der Waals surface area contributed by atoms with Crippen molar-refractivity contribution in [1.82, 2.24) is 10.3 Å². The summed E-state index contributed by atoms with van der Waals surface area (Å²) >= 11 is 11.7. The highest BCUT2D eigenvalue weighted by molar-refractivity contribution is 6.33. The summed E-state index contributed by atoms with van der Waals surface area (Å²) in [5.74, 6) is 0.325. The van der Waals surface area contributed by atoms with Gasteiger partial charge in [-0.1, -0.05) is 53.5 Å². The molecule has 1 aliphatic carbocycles. The summed E-state index contributed by atoms with van der Waals surface area (Å²) in [5.41, 5.74) is 1.56. The second kappa shape index (κ2) is 6.04.